The summed E-state index contributed by atoms with van der Waals surface area (Å²) in [4.78, 5) is 26.3. The van der Waals surface area contributed by atoms with E-state index >= 15 is 0 Å². The van der Waals surface area contributed by atoms with E-state index in [1.165, 1.54) is 24.3 Å². The van der Waals surface area contributed by atoms with Gasteiger partial charge in [-0.05, 0) is 34.1 Å². The third-order valence-corrected chi connectivity index (χ3v) is 3.44. The first kappa shape index (κ1) is 15.5. The molecule has 0 saturated carbocycles. The van der Waals surface area contributed by atoms with Gasteiger partial charge in [0.15, 0.2) is 5.78 Å². The van der Waals surface area contributed by atoms with E-state index in [2.05, 4.69) is 20.9 Å². The first-order chi connectivity index (χ1) is 9.90. The number of benzene rings is 1. The molecule has 21 heavy (non-hydrogen) atoms. The molecule has 0 unspecified atom stereocenters. The summed E-state index contributed by atoms with van der Waals surface area (Å²) in [5, 5.41) is 10.9. The summed E-state index contributed by atoms with van der Waals surface area (Å²) in [6.07, 6.45) is -0.420. The summed E-state index contributed by atoms with van der Waals surface area (Å²) in [6.45, 7) is 0. The first-order valence-corrected chi connectivity index (χ1v) is 6.84. The molecule has 0 aliphatic carbocycles. The Hall–Kier alpha value is -1.86. The Kier molecular flexibility index (Phi) is 4.64. The van der Waals surface area contributed by atoms with Crippen molar-refractivity contribution >= 4 is 39.0 Å². The summed E-state index contributed by atoms with van der Waals surface area (Å²) in [5.41, 5.74) is -0.659. The van der Waals surface area contributed by atoms with Gasteiger partial charge in [0.05, 0.1) is 21.9 Å². The van der Waals surface area contributed by atoms with Gasteiger partial charge < -0.3 is 0 Å². The fourth-order valence-corrected chi connectivity index (χ4v) is 2.38. The van der Waals surface area contributed by atoms with Gasteiger partial charge >= 0.3 is 0 Å². The quantitative estimate of drug-likeness (QED) is 0.352. The summed E-state index contributed by atoms with van der Waals surface area (Å²) in [6, 6.07) is 6.46. The van der Waals surface area contributed by atoms with Crippen LogP contribution in [0, 0.1) is 15.9 Å². The second kappa shape index (κ2) is 6.28. The lowest BCUT2D eigenvalue weighted by Gasteiger charge is -2.05. The molecular weight excluding hydrogens is 367 g/mol. The van der Waals surface area contributed by atoms with Crippen LogP contribution in [-0.4, -0.2) is 15.7 Å². The Morgan fingerprint density at radius 3 is 2.71 bits per heavy atom. The molecule has 2 aromatic rings. The van der Waals surface area contributed by atoms with E-state index in [9.17, 15) is 19.3 Å². The fraction of sp³-hybridized carbons (Fsp3) is 0.0769. The Balaban J connectivity index is 2.40. The number of aromatic nitrogens is 1. The van der Waals surface area contributed by atoms with Crippen molar-refractivity contribution < 1.29 is 14.1 Å². The van der Waals surface area contributed by atoms with E-state index in [0.29, 0.717) is 4.60 Å². The molecule has 5 nitrogen and oxygen atoms in total. The van der Waals surface area contributed by atoms with Gasteiger partial charge in [-0.25, -0.2) is 9.37 Å². The molecule has 0 fully saturated rings. The van der Waals surface area contributed by atoms with Crippen molar-refractivity contribution in [3.63, 3.8) is 0 Å². The lowest BCUT2D eigenvalue weighted by Crippen LogP contribution is -2.10. The van der Waals surface area contributed by atoms with E-state index in [1.807, 2.05) is 0 Å². The van der Waals surface area contributed by atoms with Gasteiger partial charge in [-0.2, -0.15) is 0 Å². The molecule has 0 radical (unpaired) electrons. The third kappa shape index (κ3) is 3.43. The van der Waals surface area contributed by atoms with Crippen LogP contribution in [0.3, 0.4) is 0 Å². The normalized spacial score (nSPS) is 10.4. The number of hydrogen-bond donors (Lipinski definition) is 0. The number of hydrogen-bond acceptors (Lipinski definition) is 4. The molecule has 1 aromatic carbocycles. The number of carbonyl (C=O) groups excluding carboxylic acids is 1. The van der Waals surface area contributed by atoms with Crippen molar-refractivity contribution in [2.24, 2.45) is 0 Å². The first-order valence-electron chi connectivity index (χ1n) is 5.67. The zero-order valence-electron chi connectivity index (χ0n) is 10.3. The Bertz CT molecular complexity index is 719. The predicted molar refractivity (Wildman–Crippen MR) is 78.0 cm³/mol. The highest BCUT2D eigenvalue weighted by Crippen LogP contribution is 2.24. The van der Waals surface area contributed by atoms with Crippen LogP contribution in [0.5, 0.6) is 0 Å². The molecular formula is C13H7BrClFN2O3. The number of rotatable bonds is 4. The van der Waals surface area contributed by atoms with Crippen LogP contribution < -0.4 is 0 Å². The second-order valence-electron chi connectivity index (χ2n) is 4.05. The molecule has 0 spiro atoms. The summed E-state index contributed by atoms with van der Waals surface area (Å²) < 4.78 is 14.0. The van der Waals surface area contributed by atoms with Crippen molar-refractivity contribution in [3.05, 3.63) is 67.1 Å². The predicted octanol–water partition coefficient (Wildman–Crippen LogP) is 3.97. The number of carbonyl (C=O) groups is 1. The van der Waals surface area contributed by atoms with Gasteiger partial charge in [-0.3, -0.25) is 14.9 Å². The highest BCUT2D eigenvalue weighted by molar-refractivity contribution is 9.10. The van der Waals surface area contributed by atoms with Gasteiger partial charge in [0.1, 0.15) is 16.1 Å². The van der Waals surface area contributed by atoms with E-state index in [1.54, 1.807) is 0 Å². The number of pyridine rings is 1. The van der Waals surface area contributed by atoms with E-state index < -0.39 is 22.9 Å². The smallest absolute Gasteiger partial charge is 0.291 e. The molecule has 0 atom stereocenters. The monoisotopic (exact) mass is 372 g/mol. The number of nitrogens with zero attached hydrogens (tertiary/aromatic N) is 2. The lowest BCUT2D eigenvalue weighted by molar-refractivity contribution is -0.385. The van der Waals surface area contributed by atoms with Crippen LogP contribution >= 0.6 is 27.5 Å². The minimum Gasteiger partial charge on any atom is -0.294 e. The van der Waals surface area contributed by atoms with Gasteiger partial charge in [0.2, 0.25) is 0 Å². The maximum absolute atomic E-state index is 13.7. The maximum atomic E-state index is 13.7. The summed E-state index contributed by atoms with van der Waals surface area (Å²) in [5.74, 6) is -1.45. The van der Waals surface area contributed by atoms with E-state index in [0.717, 1.165) is 6.07 Å². The molecule has 0 bridgehead atoms. The minimum absolute atomic E-state index is 0.0438. The molecule has 0 N–H and O–H groups in total. The number of halogens is 3. The molecule has 0 amide bonds. The standard InChI is InChI=1S/C13H7BrClFN2O3/c14-12-5-4-10(18(20)21)9(17-12)6-11(19)13-7(15)2-1-3-8(13)16/h1-5H,6H2. The van der Waals surface area contributed by atoms with Gasteiger partial charge in [0.25, 0.3) is 5.69 Å². The lowest BCUT2D eigenvalue weighted by atomic mass is 10.0. The molecule has 0 aliphatic rings. The minimum atomic E-state index is -0.773. The highest BCUT2D eigenvalue weighted by Gasteiger charge is 2.22. The zero-order valence-corrected chi connectivity index (χ0v) is 12.7. The van der Waals surface area contributed by atoms with Crippen molar-refractivity contribution in [2.45, 2.75) is 6.42 Å². The van der Waals surface area contributed by atoms with Crippen LogP contribution in [0.1, 0.15) is 16.1 Å². The number of nitro groups is 1. The van der Waals surface area contributed by atoms with Gasteiger partial charge in [0, 0.05) is 6.07 Å². The fourth-order valence-electron chi connectivity index (χ4n) is 1.77. The van der Waals surface area contributed by atoms with Crippen LogP contribution in [0.2, 0.25) is 5.02 Å². The van der Waals surface area contributed by atoms with Crippen LogP contribution in [-0.2, 0) is 6.42 Å². The molecule has 2 rings (SSSR count). The average molecular weight is 374 g/mol. The van der Waals surface area contributed by atoms with Crippen LogP contribution in [0.4, 0.5) is 10.1 Å². The maximum Gasteiger partial charge on any atom is 0.291 e. The van der Waals surface area contributed by atoms with Crippen LogP contribution in [0.25, 0.3) is 0 Å². The third-order valence-electron chi connectivity index (χ3n) is 2.68. The summed E-state index contributed by atoms with van der Waals surface area (Å²) >= 11 is 8.88. The number of Topliss-reactive ketones (excluding diaryl/α,β-unsaturated/α-hetero) is 1. The largest absolute Gasteiger partial charge is 0.294 e. The molecule has 1 aromatic heterocycles. The average Bonchev–Trinajstić information content (AvgIpc) is 2.38. The van der Waals surface area contributed by atoms with Crippen molar-refractivity contribution in [1.82, 2.24) is 4.98 Å². The van der Waals surface area contributed by atoms with E-state index in [4.69, 9.17) is 11.6 Å². The summed E-state index contributed by atoms with van der Waals surface area (Å²) in [7, 11) is 0. The Morgan fingerprint density at radius 1 is 1.38 bits per heavy atom. The van der Waals surface area contributed by atoms with Crippen molar-refractivity contribution in [3.8, 4) is 0 Å². The van der Waals surface area contributed by atoms with Gasteiger partial charge in [-0.1, -0.05) is 17.7 Å². The molecule has 0 saturated heterocycles. The van der Waals surface area contributed by atoms with E-state index in [-0.39, 0.29) is 22.0 Å². The van der Waals surface area contributed by atoms with Crippen LogP contribution in [0.15, 0.2) is 34.9 Å². The van der Waals surface area contributed by atoms with Crippen molar-refractivity contribution in [2.75, 3.05) is 0 Å². The van der Waals surface area contributed by atoms with Gasteiger partial charge in [-0.15, -0.1) is 0 Å². The molecule has 8 heteroatoms. The number of ketones is 1. The Morgan fingerprint density at radius 2 is 2.10 bits per heavy atom. The molecule has 108 valence electrons. The highest BCUT2D eigenvalue weighted by atomic mass is 79.9. The Labute approximate surface area is 132 Å². The second-order valence-corrected chi connectivity index (χ2v) is 5.27. The molecule has 0 aliphatic heterocycles. The van der Waals surface area contributed by atoms with Crippen molar-refractivity contribution in [1.29, 1.82) is 0 Å². The SMILES string of the molecule is O=C(Cc1nc(Br)ccc1[N+](=O)[O-])c1c(F)cccc1Cl. The topological polar surface area (TPSA) is 73.1 Å². The zero-order chi connectivity index (χ0) is 15.6. The molecule has 1 heterocycles.